The first-order chi connectivity index (χ1) is 20.3. The highest BCUT2D eigenvalue weighted by Crippen LogP contribution is 2.49. The fourth-order valence-corrected chi connectivity index (χ4v) is 6.43. The normalized spacial score (nSPS) is 22.3. The summed E-state index contributed by atoms with van der Waals surface area (Å²) < 4.78 is 59.8. The molecule has 3 aliphatic rings. The third-order valence-corrected chi connectivity index (χ3v) is 9.34. The number of carboxylic acid groups (broad SMARTS) is 1. The van der Waals surface area contributed by atoms with Crippen molar-refractivity contribution in [1.82, 2.24) is 14.8 Å². The van der Waals surface area contributed by atoms with Gasteiger partial charge in [-0.25, -0.2) is 22.4 Å². The Morgan fingerprint density at radius 2 is 1.91 bits per heavy atom. The highest BCUT2D eigenvalue weighted by molar-refractivity contribution is 6.07. The Kier molecular flexibility index (Phi) is 8.30. The van der Waals surface area contributed by atoms with Gasteiger partial charge in [-0.05, 0) is 44.2 Å². The smallest absolute Gasteiger partial charge is 0.407 e. The van der Waals surface area contributed by atoms with Crippen molar-refractivity contribution in [2.45, 2.75) is 58.0 Å². The second-order valence-corrected chi connectivity index (χ2v) is 12.0. The van der Waals surface area contributed by atoms with E-state index < -0.39 is 58.0 Å². The van der Waals surface area contributed by atoms with E-state index >= 15 is 8.78 Å². The fraction of sp³-hybridized carbons (Fsp3) is 0.500. The molecule has 0 bridgehead atoms. The molecule has 1 aromatic carbocycles. The van der Waals surface area contributed by atoms with Crippen LogP contribution in [0.25, 0.3) is 5.57 Å². The summed E-state index contributed by atoms with van der Waals surface area (Å²) in [6.45, 7) is 5.01. The fourth-order valence-electron chi connectivity index (χ4n) is 6.43. The number of pyridine rings is 1. The molecule has 0 spiro atoms. The maximum atomic E-state index is 16.5. The molecule has 2 atom stereocenters. The first-order valence-corrected chi connectivity index (χ1v) is 14.3. The highest BCUT2D eigenvalue weighted by atomic mass is 19.3. The van der Waals surface area contributed by atoms with Crippen LogP contribution < -0.4 is 15.8 Å². The minimum absolute atomic E-state index is 0.00252. The van der Waals surface area contributed by atoms with Crippen LogP contribution in [-0.4, -0.2) is 77.2 Å². The summed E-state index contributed by atoms with van der Waals surface area (Å²) in [5, 5.41) is 12.4. The van der Waals surface area contributed by atoms with Crippen LogP contribution in [0.15, 0.2) is 29.2 Å². The summed E-state index contributed by atoms with van der Waals surface area (Å²) in [6, 6.07) is 1.36. The number of likely N-dealkylation sites (N-methyl/N-ethyl adjacent to an activating group) is 1. The number of amides is 2. The van der Waals surface area contributed by atoms with Gasteiger partial charge in [0, 0.05) is 62.2 Å². The zero-order valence-corrected chi connectivity index (χ0v) is 24.2. The van der Waals surface area contributed by atoms with Crippen LogP contribution in [-0.2, 0) is 0 Å². The van der Waals surface area contributed by atoms with Crippen molar-refractivity contribution in [2.24, 2.45) is 5.41 Å². The molecule has 5 rings (SSSR count). The maximum absolute atomic E-state index is 16.5. The molecule has 3 heterocycles. The number of carbonyl (C=O) groups excluding carboxylic acids is 1. The Morgan fingerprint density at radius 1 is 1.19 bits per heavy atom. The number of aromatic nitrogens is 1. The summed E-state index contributed by atoms with van der Waals surface area (Å²) in [5.41, 5.74) is -3.22. The molecule has 2 unspecified atom stereocenters. The highest BCUT2D eigenvalue weighted by Gasteiger charge is 2.45. The molecule has 43 heavy (non-hydrogen) atoms. The lowest BCUT2D eigenvalue weighted by Crippen LogP contribution is -2.53. The quantitative estimate of drug-likeness (QED) is 0.386. The third-order valence-electron chi connectivity index (χ3n) is 9.34. The second kappa shape index (κ2) is 11.7. The van der Waals surface area contributed by atoms with E-state index in [1.165, 1.54) is 4.90 Å². The van der Waals surface area contributed by atoms with Gasteiger partial charge in [-0.1, -0.05) is 19.4 Å². The number of alkyl halides is 2. The largest absolute Gasteiger partial charge is 0.465 e. The lowest BCUT2D eigenvalue weighted by Gasteiger charge is -2.50. The van der Waals surface area contributed by atoms with Gasteiger partial charge in [-0.3, -0.25) is 9.59 Å². The van der Waals surface area contributed by atoms with Crippen LogP contribution in [0.4, 0.5) is 33.7 Å². The molecule has 1 aromatic heterocycles. The number of hydrogen-bond acceptors (Lipinski definition) is 5. The zero-order chi connectivity index (χ0) is 31.2. The van der Waals surface area contributed by atoms with Crippen LogP contribution in [0.5, 0.6) is 0 Å². The van der Waals surface area contributed by atoms with E-state index in [1.807, 2.05) is 20.9 Å². The van der Waals surface area contributed by atoms with Crippen LogP contribution >= 0.6 is 0 Å². The molecule has 2 aromatic rings. The summed E-state index contributed by atoms with van der Waals surface area (Å²) in [5.74, 6) is -3.18. The maximum Gasteiger partial charge on any atom is 0.407 e. The average Bonchev–Trinajstić information content (AvgIpc) is 2.94. The number of benzene rings is 1. The Labute approximate surface area is 246 Å². The molecular weight excluding hydrogens is 570 g/mol. The van der Waals surface area contributed by atoms with Gasteiger partial charge in [-0.2, -0.15) is 0 Å². The minimum Gasteiger partial charge on any atom is -0.465 e. The minimum atomic E-state index is -3.16. The molecule has 0 radical (unpaired) electrons. The van der Waals surface area contributed by atoms with Crippen LogP contribution in [0.2, 0.25) is 0 Å². The van der Waals surface area contributed by atoms with Crippen LogP contribution in [0.1, 0.15) is 67.4 Å². The molecule has 2 aliphatic heterocycles. The summed E-state index contributed by atoms with van der Waals surface area (Å²) in [7, 11) is 1.91. The molecule has 1 saturated heterocycles. The van der Waals surface area contributed by atoms with E-state index in [0.29, 0.717) is 25.7 Å². The van der Waals surface area contributed by atoms with E-state index in [4.69, 9.17) is 0 Å². The summed E-state index contributed by atoms with van der Waals surface area (Å²) in [6.07, 6.45) is 1.08. The Hall–Kier alpha value is -3.87. The van der Waals surface area contributed by atoms with Crippen molar-refractivity contribution in [3.8, 4) is 0 Å². The number of rotatable bonds is 6. The van der Waals surface area contributed by atoms with E-state index in [2.05, 4.69) is 15.2 Å². The number of piperazine rings is 1. The van der Waals surface area contributed by atoms with Crippen molar-refractivity contribution in [2.75, 3.05) is 43.4 Å². The van der Waals surface area contributed by atoms with E-state index in [-0.39, 0.29) is 41.7 Å². The molecular formula is C30H35F4N5O4. The van der Waals surface area contributed by atoms with E-state index in [1.54, 1.807) is 11.0 Å². The predicted octanol–water partition coefficient (Wildman–Crippen LogP) is 5.31. The number of aromatic amines is 1. The Morgan fingerprint density at radius 3 is 2.51 bits per heavy atom. The lowest BCUT2D eigenvalue weighted by molar-refractivity contribution is 0.0222. The molecule has 2 fully saturated rings. The van der Waals surface area contributed by atoms with Crippen LogP contribution in [0.3, 0.4) is 0 Å². The summed E-state index contributed by atoms with van der Waals surface area (Å²) in [4.78, 5) is 44.4. The molecule has 13 heteroatoms. The first kappa shape index (κ1) is 30.6. The number of anilines is 2. The van der Waals surface area contributed by atoms with Gasteiger partial charge in [0.2, 0.25) is 5.56 Å². The van der Waals surface area contributed by atoms with Gasteiger partial charge in [0.25, 0.3) is 12.3 Å². The zero-order valence-electron chi connectivity index (χ0n) is 24.2. The molecule has 1 aliphatic carbocycles. The van der Waals surface area contributed by atoms with Crippen LogP contribution in [0, 0.1) is 17.0 Å². The topological polar surface area (TPSA) is 109 Å². The molecule has 232 valence electrons. The molecule has 2 amide bonds. The van der Waals surface area contributed by atoms with Crippen molar-refractivity contribution >= 4 is 28.9 Å². The first-order valence-electron chi connectivity index (χ1n) is 14.3. The Balaban J connectivity index is 1.59. The molecule has 3 N–H and O–H groups in total. The van der Waals surface area contributed by atoms with Gasteiger partial charge in [0.1, 0.15) is 11.5 Å². The number of carbonyl (C=O) groups is 2. The second-order valence-electron chi connectivity index (χ2n) is 12.0. The number of H-pyrrole nitrogens is 1. The number of nitrogens with zero attached hydrogens (tertiary/aromatic N) is 3. The van der Waals surface area contributed by atoms with Gasteiger partial charge in [0.15, 0.2) is 5.82 Å². The van der Waals surface area contributed by atoms with Crippen molar-refractivity contribution in [3.63, 3.8) is 0 Å². The van der Waals surface area contributed by atoms with E-state index in [9.17, 15) is 28.3 Å². The Bertz CT molecular complexity index is 1520. The SMILES string of the molecule is CC1CN(c2cc(F)c(C3=CCC(C4(C)CCC4)N(C(=O)O)C3)c(F)c2NC(=O)c2c[nH]c(=O)cc2C(F)F)CCN1C. The van der Waals surface area contributed by atoms with Gasteiger partial charge >= 0.3 is 6.09 Å². The van der Waals surface area contributed by atoms with E-state index in [0.717, 1.165) is 31.5 Å². The number of halogens is 4. The monoisotopic (exact) mass is 605 g/mol. The number of hydrogen-bond donors (Lipinski definition) is 3. The van der Waals surface area contributed by atoms with Crippen molar-refractivity contribution < 1.29 is 32.3 Å². The van der Waals surface area contributed by atoms with Crippen molar-refractivity contribution in [3.05, 3.63) is 63.1 Å². The van der Waals surface area contributed by atoms with Gasteiger partial charge in [-0.15, -0.1) is 0 Å². The average molecular weight is 606 g/mol. The molecule has 1 saturated carbocycles. The summed E-state index contributed by atoms with van der Waals surface area (Å²) >= 11 is 0. The third kappa shape index (κ3) is 5.74. The van der Waals surface area contributed by atoms with Gasteiger partial charge < -0.3 is 30.1 Å². The standard InChI is InChI=1S/C30H35F4N5O4/c1-16-14-38(10-9-37(16)3)21-12-20(31)24(17-5-6-22(30(2)7-4-8-30)39(15-17)29(42)43)25(32)26(21)36-28(41)19-13-35-23(40)11-18(19)27(33)34/h5,11-13,16,22,27H,4,6-10,14-15H2,1-3H3,(H,35,40)(H,36,41)(H,42,43). The number of nitrogens with one attached hydrogen (secondary N) is 2. The van der Waals surface area contributed by atoms with Gasteiger partial charge in [0.05, 0.1) is 16.8 Å². The van der Waals surface area contributed by atoms with Crippen molar-refractivity contribution in [1.29, 1.82) is 0 Å². The molecule has 9 nitrogen and oxygen atoms in total. The predicted molar refractivity (Wildman–Crippen MR) is 154 cm³/mol. The lowest BCUT2D eigenvalue weighted by atomic mass is 9.63.